The van der Waals surface area contributed by atoms with Gasteiger partial charge in [-0.25, -0.2) is 4.39 Å². The zero-order valence-electron chi connectivity index (χ0n) is 11.7. The number of hydrogen-bond donors (Lipinski definition) is 1. The lowest BCUT2D eigenvalue weighted by atomic mass is 10.0. The quantitative estimate of drug-likeness (QED) is 0.896. The van der Waals surface area contributed by atoms with Gasteiger partial charge in [0.05, 0.1) is 11.6 Å². The summed E-state index contributed by atoms with van der Waals surface area (Å²) in [5.41, 5.74) is 8.95. The van der Waals surface area contributed by atoms with Gasteiger partial charge in [0.2, 0.25) is 0 Å². The Morgan fingerprint density at radius 1 is 1.14 bits per heavy atom. The molecule has 0 aliphatic rings. The Hall–Kier alpha value is -1.13. The van der Waals surface area contributed by atoms with Crippen molar-refractivity contribution in [1.82, 2.24) is 0 Å². The van der Waals surface area contributed by atoms with Crippen LogP contribution in [0.25, 0.3) is 11.1 Å². The van der Waals surface area contributed by atoms with Gasteiger partial charge >= 0.3 is 0 Å². The van der Waals surface area contributed by atoms with E-state index in [0.29, 0.717) is 6.61 Å². The van der Waals surface area contributed by atoms with Crippen molar-refractivity contribution in [2.45, 2.75) is 12.5 Å². The van der Waals surface area contributed by atoms with Crippen molar-refractivity contribution in [2.24, 2.45) is 5.73 Å². The van der Waals surface area contributed by atoms with Gasteiger partial charge < -0.3 is 10.5 Å². The van der Waals surface area contributed by atoms with E-state index in [0.717, 1.165) is 23.1 Å². The van der Waals surface area contributed by atoms with Crippen LogP contribution in [0.4, 0.5) is 4.39 Å². The minimum Gasteiger partial charge on any atom is -0.383 e. The number of benzene rings is 2. The molecule has 2 nitrogen and oxygen atoms in total. The Bertz CT molecular complexity index is 575. The normalized spacial score (nSPS) is 11.8. The third-order valence-electron chi connectivity index (χ3n) is 3.09. The molecule has 0 aliphatic heterocycles. The number of hydrogen-bond acceptors (Lipinski definition) is 2. The Morgan fingerprint density at radius 3 is 2.33 bits per heavy atom. The molecule has 21 heavy (non-hydrogen) atoms. The van der Waals surface area contributed by atoms with Crippen molar-refractivity contribution in [2.75, 3.05) is 13.7 Å². The van der Waals surface area contributed by atoms with E-state index in [1.165, 1.54) is 6.07 Å². The van der Waals surface area contributed by atoms with Gasteiger partial charge in [0, 0.05) is 13.2 Å². The zero-order chi connectivity index (χ0) is 14.5. The van der Waals surface area contributed by atoms with Gasteiger partial charge in [-0.1, -0.05) is 41.9 Å². The van der Waals surface area contributed by atoms with E-state index in [2.05, 4.69) is 0 Å². The van der Waals surface area contributed by atoms with Crippen LogP contribution in [0, 0.1) is 5.82 Å². The zero-order valence-corrected chi connectivity index (χ0v) is 13.3. The van der Waals surface area contributed by atoms with E-state index in [1.54, 1.807) is 19.2 Å². The first-order valence-electron chi connectivity index (χ1n) is 6.39. The molecule has 2 N–H and O–H groups in total. The Balaban J connectivity index is 0.00000220. The van der Waals surface area contributed by atoms with Crippen LogP contribution < -0.4 is 5.73 Å². The molecule has 0 saturated carbocycles. The van der Waals surface area contributed by atoms with Gasteiger partial charge in [0.15, 0.2) is 0 Å². The molecule has 0 aromatic heterocycles. The van der Waals surface area contributed by atoms with Gasteiger partial charge in [-0.3, -0.25) is 0 Å². The van der Waals surface area contributed by atoms with Crippen LogP contribution in [-0.2, 0) is 11.2 Å². The minimum atomic E-state index is -0.405. The molecule has 0 bridgehead atoms. The lowest BCUT2D eigenvalue weighted by Gasteiger charge is -2.11. The van der Waals surface area contributed by atoms with Gasteiger partial charge in [0.25, 0.3) is 0 Å². The van der Waals surface area contributed by atoms with Crippen molar-refractivity contribution in [3.63, 3.8) is 0 Å². The van der Waals surface area contributed by atoms with Crippen LogP contribution in [0.2, 0.25) is 5.02 Å². The van der Waals surface area contributed by atoms with Crippen LogP contribution in [-0.4, -0.2) is 19.8 Å². The number of ether oxygens (including phenoxy) is 1. The van der Waals surface area contributed by atoms with Crippen molar-refractivity contribution in [3.05, 3.63) is 58.9 Å². The highest BCUT2D eigenvalue weighted by Gasteiger charge is 2.06. The topological polar surface area (TPSA) is 35.2 Å². The van der Waals surface area contributed by atoms with E-state index in [1.807, 2.05) is 24.3 Å². The molecule has 2 rings (SSSR count). The highest BCUT2D eigenvalue weighted by atomic mass is 35.5. The lowest BCUT2D eigenvalue weighted by Crippen LogP contribution is -2.27. The van der Waals surface area contributed by atoms with Gasteiger partial charge in [-0.15, -0.1) is 12.4 Å². The molecule has 0 heterocycles. The average molecular weight is 330 g/mol. The first-order chi connectivity index (χ1) is 9.60. The molecule has 114 valence electrons. The molecule has 2 aromatic carbocycles. The number of nitrogens with two attached hydrogens (primary N) is 1. The second-order valence-corrected chi connectivity index (χ2v) is 5.15. The maximum Gasteiger partial charge on any atom is 0.141 e. The summed E-state index contributed by atoms with van der Waals surface area (Å²) in [4.78, 5) is 0. The van der Waals surface area contributed by atoms with E-state index in [9.17, 15) is 4.39 Å². The highest BCUT2D eigenvalue weighted by molar-refractivity contribution is 6.31. The number of halogens is 3. The van der Waals surface area contributed by atoms with Crippen LogP contribution in [0.15, 0.2) is 42.5 Å². The third kappa shape index (κ3) is 4.97. The minimum absolute atomic E-state index is 0. The predicted molar refractivity (Wildman–Crippen MR) is 87.6 cm³/mol. The maximum absolute atomic E-state index is 13.1. The molecule has 0 amide bonds. The van der Waals surface area contributed by atoms with Crippen LogP contribution >= 0.6 is 24.0 Å². The molecule has 1 atom stereocenters. The van der Waals surface area contributed by atoms with E-state index in [4.69, 9.17) is 22.1 Å². The molecule has 5 heteroatoms. The molecule has 0 radical (unpaired) electrons. The van der Waals surface area contributed by atoms with Crippen molar-refractivity contribution >= 4 is 24.0 Å². The third-order valence-corrected chi connectivity index (χ3v) is 3.38. The summed E-state index contributed by atoms with van der Waals surface area (Å²) < 4.78 is 18.2. The molecule has 0 aliphatic carbocycles. The lowest BCUT2D eigenvalue weighted by molar-refractivity contribution is 0.180. The fourth-order valence-electron chi connectivity index (χ4n) is 2.08. The van der Waals surface area contributed by atoms with Gasteiger partial charge in [0.1, 0.15) is 5.82 Å². The Kier molecular flexibility index (Phi) is 7.12. The van der Waals surface area contributed by atoms with E-state index >= 15 is 0 Å². The number of rotatable bonds is 5. The summed E-state index contributed by atoms with van der Waals surface area (Å²) in [6.45, 7) is 0.537. The molecular weight excluding hydrogens is 312 g/mol. The molecule has 2 aromatic rings. The largest absolute Gasteiger partial charge is 0.383 e. The molecule has 0 saturated heterocycles. The van der Waals surface area contributed by atoms with Crippen molar-refractivity contribution < 1.29 is 9.13 Å². The monoisotopic (exact) mass is 329 g/mol. The molecule has 0 unspecified atom stereocenters. The van der Waals surface area contributed by atoms with Crippen LogP contribution in [0.3, 0.4) is 0 Å². The first-order valence-corrected chi connectivity index (χ1v) is 6.77. The highest BCUT2D eigenvalue weighted by Crippen LogP contribution is 2.25. The molecule has 0 fully saturated rings. The predicted octanol–water partition coefficient (Wildman–Crippen LogP) is 4.08. The fraction of sp³-hybridized carbons (Fsp3) is 0.250. The summed E-state index contributed by atoms with van der Waals surface area (Å²) in [6, 6.07) is 12.7. The molecular formula is C16H18Cl2FNO. The first kappa shape index (κ1) is 17.9. The standard InChI is InChI=1S/C16H17ClFNO.ClH/c1-20-10-14(19)8-11-2-4-12(5-3-11)13-6-7-16(18)15(17)9-13;/h2-7,9,14H,8,10,19H2,1H3;1H/t14-;/m1./s1. The summed E-state index contributed by atoms with van der Waals surface area (Å²) >= 11 is 5.79. The van der Waals surface area contributed by atoms with E-state index < -0.39 is 5.82 Å². The van der Waals surface area contributed by atoms with Crippen molar-refractivity contribution in [3.8, 4) is 11.1 Å². The smallest absolute Gasteiger partial charge is 0.141 e. The van der Waals surface area contributed by atoms with Crippen LogP contribution in [0.5, 0.6) is 0 Å². The van der Waals surface area contributed by atoms with Crippen LogP contribution in [0.1, 0.15) is 5.56 Å². The summed E-state index contributed by atoms with van der Waals surface area (Å²) in [5.74, 6) is -0.405. The number of methoxy groups -OCH3 is 1. The van der Waals surface area contributed by atoms with Crippen molar-refractivity contribution in [1.29, 1.82) is 0 Å². The van der Waals surface area contributed by atoms with E-state index in [-0.39, 0.29) is 23.5 Å². The Labute approximate surface area is 135 Å². The Morgan fingerprint density at radius 2 is 1.76 bits per heavy atom. The second kappa shape index (κ2) is 8.35. The summed E-state index contributed by atoms with van der Waals surface area (Å²) in [6.07, 6.45) is 0.762. The maximum atomic E-state index is 13.1. The SMILES string of the molecule is COC[C@H](N)Cc1ccc(-c2ccc(F)c(Cl)c2)cc1.Cl. The van der Waals surface area contributed by atoms with Gasteiger partial charge in [-0.05, 0) is 35.2 Å². The van der Waals surface area contributed by atoms with Gasteiger partial charge in [-0.2, -0.15) is 0 Å². The average Bonchev–Trinajstić information content (AvgIpc) is 2.43. The second-order valence-electron chi connectivity index (χ2n) is 4.75. The summed E-state index contributed by atoms with van der Waals surface area (Å²) in [5, 5.41) is 0.133. The molecule has 0 spiro atoms. The summed E-state index contributed by atoms with van der Waals surface area (Å²) in [7, 11) is 1.64. The fourth-order valence-corrected chi connectivity index (χ4v) is 2.27.